The van der Waals surface area contributed by atoms with E-state index in [1.54, 1.807) is 58.0 Å². The van der Waals surface area contributed by atoms with Crippen LogP contribution in [0.4, 0.5) is 0 Å². The molecule has 0 spiro atoms. The van der Waals surface area contributed by atoms with Gasteiger partial charge < -0.3 is 53.8 Å². The number of nitrogens with one attached hydrogen (secondary N) is 7. The molecule has 0 heterocycles. The first-order chi connectivity index (χ1) is 27.5. The van der Waals surface area contributed by atoms with Crippen LogP contribution in [-0.2, 0) is 54.4 Å². The second-order valence-corrected chi connectivity index (χ2v) is 14.9. The lowest BCUT2D eigenvalue weighted by Gasteiger charge is -2.29. The van der Waals surface area contributed by atoms with Crippen LogP contribution in [0.2, 0.25) is 0 Å². The summed E-state index contributed by atoms with van der Waals surface area (Å²) in [5.41, 5.74) is 11.4. The number of carbonyl (C=O) groups excluding carboxylic acids is 9. The Morgan fingerprint density at radius 1 is 0.661 bits per heavy atom. The molecule has 1 aromatic rings. The summed E-state index contributed by atoms with van der Waals surface area (Å²) in [5.74, 6) is -9.87. The molecule has 1 rings (SSSR count). The highest BCUT2D eigenvalue weighted by atomic mass is 16.4. The first kappa shape index (κ1) is 50.7. The minimum Gasteiger partial charge on any atom is -0.480 e. The zero-order chi connectivity index (χ0) is 45.0. The highest BCUT2D eigenvalue weighted by Gasteiger charge is 2.34. The van der Waals surface area contributed by atoms with E-state index in [2.05, 4.69) is 37.2 Å². The predicted octanol–water partition coefficient (Wildman–Crippen LogP) is -1.98. The molecule has 0 fully saturated rings. The molecule has 0 aliphatic heterocycles. The molecule has 326 valence electrons. The summed E-state index contributed by atoms with van der Waals surface area (Å²) in [6.07, 6.45) is 1.33. The van der Waals surface area contributed by atoms with Crippen molar-refractivity contribution in [1.29, 1.82) is 0 Å². The van der Waals surface area contributed by atoms with Gasteiger partial charge in [-0.15, -0.1) is 0 Å². The van der Waals surface area contributed by atoms with E-state index in [0.29, 0.717) is 12.0 Å². The van der Waals surface area contributed by atoms with Gasteiger partial charge in [0.2, 0.25) is 53.2 Å². The lowest BCUT2D eigenvalue weighted by atomic mass is 9.96. The fraction of sp³-hybridized carbons (Fsp3) is 0.538. The van der Waals surface area contributed by atoms with Crippen molar-refractivity contribution in [3.63, 3.8) is 0 Å². The summed E-state index contributed by atoms with van der Waals surface area (Å²) >= 11 is 0. The molecular formula is C39H59N9O11. The van der Waals surface area contributed by atoms with Gasteiger partial charge in [-0.25, -0.2) is 4.79 Å². The molecule has 0 aliphatic rings. The second-order valence-electron chi connectivity index (χ2n) is 14.9. The van der Waals surface area contributed by atoms with Crippen LogP contribution in [0.5, 0.6) is 0 Å². The molecule has 12 N–H and O–H groups in total. The Hall–Kier alpha value is -6.34. The summed E-state index contributed by atoms with van der Waals surface area (Å²) < 4.78 is 0. The molecule has 0 radical (unpaired) electrons. The molecular weight excluding hydrogens is 770 g/mol. The van der Waals surface area contributed by atoms with Crippen LogP contribution in [0.15, 0.2) is 42.5 Å². The van der Waals surface area contributed by atoms with E-state index in [1.807, 2.05) is 13.8 Å². The zero-order valence-corrected chi connectivity index (χ0v) is 34.5. The number of benzene rings is 1. The molecule has 0 aromatic heterocycles. The Kier molecular flexibility index (Phi) is 21.6. The van der Waals surface area contributed by atoms with Gasteiger partial charge in [0.25, 0.3) is 0 Å². The third-order valence-electron chi connectivity index (χ3n) is 8.92. The van der Waals surface area contributed by atoms with Crippen LogP contribution >= 0.6 is 0 Å². The van der Waals surface area contributed by atoms with Crippen LogP contribution in [-0.4, -0.2) is 107 Å². The highest BCUT2D eigenvalue weighted by molar-refractivity contribution is 6.01. The number of aliphatic carboxylic acids is 1. The predicted molar refractivity (Wildman–Crippen MR) is 214 cm³/mol. The largest absolute Gasteiger partial charge is 0.480 e. The van der Waals surface area contributed by atoms with E-state index < -0.39 is 114 Å². The van der Waals surface area contributed by atoms with Gasteiger partial charge in [0, 0.05) is 18.6 Å². The summed E-state index contributed by atoms with van der Waals surface area (Å²) in [5, 5.41) is 26.3. The standard InChI is InChI=1S/C39H59N9O11/c1-8-22(6)33(38(57)46-25(16-20(2)3)36(55)47-32(21(4)5)34(41)53)48-37(56)26(18-28(40)49)44-30(51)15-14-29(50)43-23(7)35(54)42-19-31(52)45-27(39(58)59)17-24-12-10-9-11-13-24/h9-15,20-23,25-27,32-33H,8,16-19H2,1-7H3,(H2,40,49)(H2,41,53)(H,42,54)(H,43,50)(H,44,51)(H,45,52)(H,46,57)(H,47,55)(H,48,56)(H,58,59)/b15-14+/t22-,23-,25-,26-,27-,32-,33-/m0/s1. The molecule has 7 atom stereocenters. The van der Waals surface area contributed by atoms with Gasteiger partial charge in [0.05, 0.1) is 13.0 Å². The van der Waals surface area contributed by atoms with Crippen molar-refractivity contribution in [3.8, 4) is 0 Å². The van der Waals surface area contributed by atoms with Crippen LogP contribution in [0, 0.1) is 17.8 Å². The first-order valence-electron chi connectivity index (χ1n) is 19.2. The Labute approximate surface area is 343 Å². The lowest BCUT2D eigenvalue weighted by molar-refractivity contribution is -0.141. The van der Waals surface area contributed by atoms with Gasteiger partial charge in [-0.05, 0) is 36.7 Å². The van der Waals surface area contributed by atoms with Crippen molar-refractivity contribution in [1.82, 2.24) is 37.2 Å². The van der Waals surface area contributed by atoms with Crippen molar-refractivity contribution < 1.29 is 53.1 Å². The molecule has 0 saturated carbocycles. The van der Waals surface area contributed by atoms with Gasteiger partial charge >= 0.3 is 5.97 Å². The lowest BCUT2D eigenvalue weighted by Crippen LogP contribution is -2.60. The topological polar surface area (TPSA) is 327 Å². The quantitative estimate of drug-likeness (QED) is 0.0482. The van der Waals surface area contributed by atoms with Gasteiger partial charge in [-0.1, -0.05) is 78.3 Å². The number of rotatable bonds is 25. The van der Waals surface area contributed by atoms with Gasteiger partial charge in [0.15, 0.2) is 0 Å². The first-order valence-corrected chi connectivity index (χ1v) is 19.2. The Balaban J connectivity index is 2.92. The molecule has 9 amide bonds. The van der Waals surface area contributed by atoms with Crippen LogP contribution < -0.4 is 48.7 Å². The maximum atomic E-state index is 13.6. The summed E-state index contributed by atoms with van der Waals surface area (Å²) in [7, 11) is 0. The van der Waals surface area contributed by atoms with E-state index in [-0.39, 0.29) is 24.7 Å². The zero-order valence-electron chi connectivity index (χ0n) is 34.5. The van der Waals surface area contributed by atoms with E-state index in [1.165, 1.54) is 6.92 Å². The molecule has 20 nitrogen and oxygen atoms in total. The average Bonchev–Trinajstić information content (AvgIpc) is 3.15. The van der Waals surface area contributed by atoms with Crippen molar-refractivity contribution in [2.24, 2.45) is 29.2 Å². The number of hydrogen-bond acceptors (Lipinski definition) is 10. The SMILES string of the molecule is CC[C@H](C)[C@H](NC(=O)[C@H](CC(N)=O)NC(=O)/C=C/C(=O)N[C@@H](C)C(=O)NCC(=O)N[C@@H](Cc1ccccc1)C(=O)O)C(=O)N[C@@H](CC(C)C)C(=O)N[C@H](C(N)=O)C(C)C. The van der Waals surface area contributed by atoms with E-state index in [0.717, 1.165) is 12.2 Å². The van der Waals surface area contributed by atoms with Gasteiger partial charge in [0.1, 0.15) is 36.3 Å². The van der Waals surface area contributed by atoms with Crippen molar-refractivity contribution in [3.05, 3.63) is 48.0 Å². The maximum Gasteiger partial charge on any atom is 0.326 e. The average molecular weight is 830 g/mol. The molecule has 0 aliphatic carbocycles. The maximum absolute atomic E-state index is 13.6. The van der Waals surface area contributed by atoms with E-state index >= 15 is 0 Å². The molecule has 59 heavy (non-hydrogen) atoms. The summed E-state index contributed by atoms with van der Waals surface area (Å²) in [4.78, 5) is 126. The number of carboxylic acid groups (broad SMARTS) is 1. The second kappa shape index (κ2) is 25.1. The minimum atomic E-state index is -1.60. The van der Waals surface area contributed by atoms with E-state index in [9.17, 15) is 53.1 Å². The molecule has 1 aromatic carbocycles. The Bertz CT molecular complexity index is 1700. The monoisotopic (exact) mass is 829 g/mol. The number of primary amides is 2. The summed E-state index contributed by atoms with van der Waals surface area (Å²) in [6, 6.07) is 1.14. The Morgan fingerprint density at radius 3 is 1.73 bits per heavy atom. The normalized spacial score (nSPS) is 14.7. The third-order valence-corrected chi connectivity index (χ3v) is 8.92. The number of carbonyl (C=O) groups is 10. The fourth-order valence-corrected chi connectivity index (χ4v) is 5.46. The third kappa shape index (κ3) is 19.1. The van der Waals surface area contributed by atoms with E-state index in [4.69, 9.17) is 11.5 Å². The Morgan fingerprint density at radius 2 is 1.22 bits per heavy atom. The highest BCUT2D eigenvalue weighted by Crippen LogP contribution is 2.13. The van der Waals surface area contributed by atoms with Gasteiger partial charge in [-0.2, -0.15) is 0 Å². The molecule has 0 unspecified atom stereocenters. The number of hydrogen-bond donors (Lipinski definition) is 10. The molecule has 0 bridgehead atoms. The van der Waals surface area contributed by atoms with Crippen molar-refractivity contribution >= 4 is 59.1 Å². The van der Waals surface area contributed by atoms with Crippen LogP contribution in [0.1, 0.15) is 73.3 Å². The van der Waals surface area contributed by atoms with Crippen LogP contribution in [0.25, 0.3) is 0 Å². The van der Waals surface area contributed by atoms with Gasteiger partial charge in [-0.3, -0.25) is 43.2 Å². The van der Waals surface area contributed by atoms with Crippen LogP contribution in [0.3, 0.4) is 0 Å². The number of amides is 9. The minimum absolute atomic E-state index is 0.00695. The summed E-state index contributed by atoms with van der Waals surface area (Å²) in [6.45, 7) is 11.1. The smallest absolute Gasteiger partial charge is 0.326 e. The fourth-order valence-electron chi connectivity index (χ4n) is 5.46. The number of carboxylic acids is 1. The molecule has 20 heteroatoms. The number of nitrogens with two attached hydrogens (primary N) is 2. The van der Waals surface area contributed by atoms with Crippen molar-refractivity contribution in [2.75, 3.05) is 6.54 Å². The van der Waals surface area contributed by atoms with Crippen molar-refractivity contribution in [2.45, 2.75) is 110 Å². The molecule has 0 saturated heterocycles.